The summed E-state index contributed by atoms with van der Waals surface area (Å²) in [5.74, 6) is 1.13. The number of nitrogens with one attached hydrogen (secondary N) is 4. The highest BCUT2D eigenvalue weighted by Crippen LogP contribution is 2.28. The third-order valence-electron chi connectivity index (χ3n) is 4.35. The van der Waals surface area contributed by atoms with Gasteiger partial charge in [0.05, 0.1) is 0 Å². The van der Waals surface area contributed by atoms with Crippen molar-refractivity contribution in [1.29, 1.82) is 0 Å². The second-order valence-corrected chi connectivity index (χ2v) is 6.72. The molecule has 1 amide bonds. The van der Waals surface area contributed by atoms with E-state index in [2.05, 4.69) is 36.1 Å². The Bertz CT molecular complexity index is 1160. The molecule has 4 aromatic rings. The first-order chi connectivity index (χ1) is 14.1. The summed E-state index contributed by atoms with van der Waals surface area (Å²) in [6, 6.07) is 14.8. The predicted molar refractivity (Wildman–Crippen MR) is 114 cm³/mol. The molecule has 2 heterocycles. The molecular formula is C20H18ClN7O. The molecule has 4 N–H and O–H groups in total. The van der Waals surface area contributed by atoms with Crippen molar-refractivity contribution in [2.75, 3.05) is 17.7 Å². The predicted octanol–water partition coefficient (Wildman–Crippen LogP) is 3.72. The van der Waals surface area contributed by atoms with Crippen molar-refractivity contribution in [2.45, 2.75) is 6.54 Å². The molecule has 2 aromatic heterocycles. The summed E-state index contributed by atoms with van der Waals surface area (Å²) in [5.41, 5.74) is 3.05. The van der Waals surface area contributed by atoms with Crippen molar-refractivity contribution in [1.82, 2.24) is 25.5 Å². The van der Waals surface area contributed by atoms with E-state index in [-0.39, 0.29) is 5.91 Å². The maximum absolute atomic E-state index is 11.7. The molecule has 0 unspecified atom stereocenters. The number of benzene rings is 2. The normalized spacial score (nSPS) is 10.7. The first-order valence-electron chi connectivity index (χ1n) is 8.90. The SMILES string of the molecule is CNC(=O)c1ccc(CNc2n[nH]c3ncnc(Nc4cccc(Cl)c4)c23)cc1. The van der Waals surface area contributed by atoms with E-state index in [4.69, 9.17) is 11.6 Å². The van der Waals surface area contributed by atoms with Crippen LogP contribution in [0.1, 0.15) is 15.9 Å². The van der Waals surface area contributed by atoms with Crippen LogP contribution in [0.5, 0.6) is 0 Å². The zero-order valence-corrected chi connectivity index (χ0v) is 16.3. The van der Waals surface area contributed by atoms with Crippen molar-refractivity contribution in [3.05, 3.63) is 71.0 Å². The molecule has 0 atom stereocenters. The van der Waals surface area contributed by atoms with Crippen LogP contribution in [0.25, 0.3) is 11.0 Å². The molecule has 0 saturated carbocycles. The molecule has 146 valence electrons. The average molecular weight is 408 g/mol. The lowest BCUT2D eigenvalue weighted by molar-refractivity contribution is 0.0963. The number of hydrogen-bond acceptors (Lipinski definition) is 6. The van der Waals surface area contributed by atoms with E-state index in [1.165, 1.54) is 6.33 Å². The molecule has 0 saturated heterocycles. The van der Waals surface area contributed by atoms with Crippen LogP contribution >= 0.6 is 11.6 Å². The van der Waals surface area contributed by atoms with E-state index < -0.39 is 0 Å². The highest BCUT2D eigenvalue weighted by molar-refractivity contribution is 6.30. The number of rotatable bonds is 6. The standard InChI is InChI=1S/C20H18ClN7O/c1-22-20(29)13-7-5-12(6-8-13)10-23-18-16-17(24-11-25-19(16)28-27-18)26-15-4-2-3-14(21)9-15/h2-9,11H,10H2,1H3,(H,22,29)(H3,23,24,25,26,27,28). The topological polar surface area (TPSA) is 108 Å². The van der Waals surface area contributed by atoms with E-state index in [1.807, 2.05) is 36.4 Å². The molecule has 2 aromatic carbocycles. The Morgan fingerprint density at radius 3 is 2.69 bits per heavy atom. The average Bonchev–Trinajstić information content (AvgIpc) is 3.16. The largest absolute Gasteiger partial charge is 0.364 e. The van der Waals surface area contributed by atoms with Crippen LogP contribution in [-0.2, 0) is 6.54 Å². The van der Waals surface area contributed by atoms with Crippen molar-refractivity contribution < 1.29 is 4.79 Å². The number of aromatic nitrogens is 4. The van der Waals surface area contributed by atoms with Gasteiger partial charge < -0.3 is 16.0 Å². The molecule has 0 fully saturated rings. The van der Waals surface area contributed by atoms with E-state index in [0.29, 0.717) is 34.4 Å². The first-order valence-corrected chi connectivity index (χ1v) is 9.28. The summed E-state index contributed by atoms with van der Waals surface area (Å²) < 4.78 is 0. The smallest absolute Gasteiger partial charge is 0.251 e. The number of aromatic amines is 1. The Balaban J connectivity index is 1.56. The lowest BCUT2D eigenvalue weighted by Gasteiger charge is -2.09. The van der Waals surface area contributed by atoms with E-state index >= 15 is 0 Å². The number of nitrogens with zero attached hydrogens (tertiary/aromatic N) is 3. The zero-order valence-electron chi connectivity index (χ0n) is 15.5. The van der Waals surface area contributed by atoms with Gasteiger partial charge in [0.25, 0.3) is 5.91 Å². The van der Waals surface area contributed by atoms with Crippen molar-refractivity contribution in [3.8, 4) is 0 Å². The van der Waals surface area contributed by atoms with E-state index in [0.717, 1.165) is 16.6 Å². The van der Waals surface area contributed by atoms with Crippen LogP contribution in [0.3, 0.4) is 0 Å². The van der Waals surface area contributed by atoms with Gasteiger partial charge in [-0.05, 0) is 35.9 Å². The van der Waals surface area contributed by atoms with Crippen LogP contribution in [0.2, 0.25) is 5.02 Å². The van der Waals surface area contributed by atoms with Gasteiger partial charge in [0.15, 0.2) is 11.5 Å². The fraction of sp³-hybridized carbons (Fsp3) is 0.100. The van der Waals surface area contributed by atoms with Gasteiger partial charge in [-0.1, -0.05) is 29.8 Å². The van der Waals surface area contributed by atoms with Gasteiger partial charge >= 0.3 is 0 Å². The molecule has 0 bridgehead atoms. The van der Waals surface area contributed by atoms with Crippen molar-refractivity contribution in [3.63, 3.8) is 0 Å². The number of anilines is 3. The summed E-state index contributed by atoms with van der Waals surface area (Å²) in [4.78, 5) is 20.2. The molecule has 0 radical (unpaired) electrons. The summed E-state index contributed by atoms with van der Waals surface area (Å²) >= 11 is 6.07. The second kappa shape index (κ2) is 8.15. The minimum absolute atomic E-state index is 0.114. The number of hydrogen-bond donors (Lipinski definition) is 4. The highest BCUT2D eigenvalue weighted by atomic mass is 35.5. The minimum atomic E-state index is -0.114. The minimum Gasteiger partial charge on any atom is -0.364 e. The van der Waals surface area contributed by atoms with Gasteiger partial charge in [-0.15, -0.1) is 0 Å². The van der Waals surface area contributed by atoms with Gasteiger partial charge in [-0.25, -0.2) is 9.97 Å². The molecule has 0 aliphatic rings. The molecule has 0 aliphatic heterocycles. The number of H-pyrrole nitrogens is 1. The Morgan fingerprint density at radius 1 is 1.10 bits per heavy atom. The van der Waals surface area contributed by atoms with Gasteiger partial charge in [0.1, 0.15) is 17.5 Å². The van der Waals surface area contributed by atoms with Crippen LogP contribution < -0.4 is 16.0 Å². The Labute approximate surface area is 171 Å². The molecular weight excluding hydrogens is 390 g/mol. The molecule has 0 spiro atoms. The Kier molecular flexibility index (Phi) is 5.26. The first kappa shape index (κ1) is 18.7. The number of carbonyl (C=O) groups excluding carboxylic acids is 1. The third-order valence-corrected chi connectivity index (χ3v) is 4.58. The summed E-state index contributed by atoms with van der Waals surface area (Å²) in [7, 11) is 1.61. The molecule has 9 heteroatoms. The van der Waals surface area contributed by atoms with Gasteiger partial charge in [-0.3, -0.25) is 9.89 Å². The van der Waals surface area contributed by atoms with E-state index in [9.17, 15) is 4.79 Å². The number of amides is 1. The zero-order chi connectivity index (χ0) is 20.2. The third kappa shape index (κ3) is 4.12. The summed E-state index contributed by atoms with van der Waals surface area (Å²) in [5, 5.41) is 17.8. The maximum Gasteiger partial charge on any atom is 0.251 e. The quantitative estimate of drug-likeness (QED) is 0.388. The lowest BCUT2D eigenvalue weighted by Crippen LogP contribution is -2.17. The number of carbonyl (C=O) groups is 1. The molecule has 8 nitrogen and oxygen atoms in total. The Hall–Kier alpha value is -3.65. The maximum atomic E-state index is 11.7. The fourth-order valence-electron chi connectivity index (χ4n) is 2.89. The van der Waals surface area contributed by atoms with Crippen molar-refractivity contribution in [2.24, 2.45) is 0 Å². The van der Waals surface area contributed by atoms with Gasteiger partial charge in [0.2, 0.25) is 0 Å². The summed E-state index contributed by atoms with van der Waals surface area (Å²) in [6.07, 6.45) is 1.47. The van der Waals surface area contributed by atoms with Crippen molar-refractivity contribution >= 4 is 45.9 Å². The number of fused-ring (bicyclic) bond motifs is 1. The molecule has 4 rings (SSSR count). The van der Waals surface area contributed by atoms with Gasteiger partial charge in [-0.2, -0.15) is 5.10 Å². The van der Waals surface area contributed by atoms with Crippen LogP contribution in [0.4, 0.5) is 17.3 Å². The van der Waals surface area contributed by atoms with Gasteiger partial charge in [0, 0.05) is 29.9 Å². The highest BCUT2D eigenvalue weighted by Gasteiger charge is 2.13. The monoisotopic (exact) mass is 407 g/mol. The van der Waals surface area contributed by atoms with E-state index in [1.54, 1.807) is 19.2 Å². The van der Waals surface area contributed by atoms with Crippen LogP contribution in [0.15, 0.2) is 54.9 Å². The number of halogens is 1. The second-order valence-electron chi connectivity index (χ2n) is 6.28. The van der Waals surface area contributed by atoms with Crippen LogP contribution in [0, 0.1) is 0 Å². The Morgan fingerprint density at radius 2 is 1.93 bits per heavy atom. The fourth-order valence-corrected chi connectivity index (χ4v) is 3.08. The summed E-state index contributed by atoms with van der Waals surface area (Å²) in [6.45, 7) is 0.527. The van der Waals surface area contributed by atoms with Crippen LogP contribution in [-0.4, -0.2) is 33.1 Å². The molecule has 29 heavy (non-hydrogen) atoms. The molecule has 0 aliphatic carbocycles. The lowest BCUT2D eigenvalue weighted by atomic mass is 10.1.